The Bertz CT molecular complexity index is 464. The van der Waals surface area contributed by atoms with Crippen molar-refractivity contribution in [3.63, 3.8) is 0 Å². The van der Waals surface area contributed by atoms with Crippen molar-refractivity contribution in [3.05, 3.63) is 29.6 Å². The summed E-state index contributed by atoms with van der Waals surface area (Å²) in [4.78, 5) is 14.0. The number of hydrogen-bond donors (Lipinski definition) is 1. The molecular formula is C14H18FNO3. The zero-order valence-corrected chi connectivity index (χ0v) is 10.9. The topological polar surface area (TPSA) is 49.8 Å². The fraction of sp³-hybridized carbons (Fsp3) is 0.500. The van der Waals surface area contributed by atoms with Crippen LogP contribution < -0.4 is 4.74 Å². The first-order valence-corrected chi connectivity index (χ1v) is 6.42. The Hall–Kier alpha value is -1.62. The highest BCUT2D eigenvalue weighted by Gasteiger charge is 2.27. The van der Waals surface area contributed by atoms with E-state index in [1.165, 1.54) is 19.2 Å². The van der Waals surface area contributed by atoms with Crippen LogP contribution in [-0.2, 0) is 0 Å². The molecule has 4 nitrogen and oxygen atoms in total. The number of aliphatic hydroxyl groups is 1. The summed E-state index contributed by atoms with van der Waals surface area (Å²) in [7, 11) is 1.38. The van der Waals surface area contributed by atoms with Crippen molar-refractivity contribution in [3.8, 4) is 5.75 Å². The number of carbonyl (C=O) groups excluding carboxylic acids is 1. The third kappa shape index (κ3) is 2.87. The van der Waals surface area contributed by atoms with Gasteiger partial charge in [0.25, 0.3) is 5.91 Å². The molecule has 1 atom stereocenters. The summed E-state index contributed by atoms with van der Waals surface area (Å²) >= 11 is 0. The summed E-state index contributed by atoms with van der Waals surface area (Å²) in [5.41, 5.74) is 0.290. The molecule has 104 valence electrons. The largest absolute Gasteiger partial charge is 0.494 e. The minimum atomic E-state index is -0.550. The lowest BCUT2D eigenvalue weighted by atomic mass is 10.0. The lowest BCUT2D eigenvalue weighted by molar-refractivity contribution is 0.0502. The smallest absolute Gasteiger partial charge is 0.254 e. The van der Waals surface area contributed by atoms with Gasteiger partial charge in [0, 0.05) is 12.1 Å². The van der Waals surface area contributed by atoms with E-state index in [2.05, 4.69) is 0 Å². The van der Waals surface area contributed by atoms with Crippen molar-refractivity contribution in [2.75, 3.05) is 20.3 Å². The van der Waals surface area contributed by atoms with E-state index in [4.69, 9.17) is 4.74 Å². The second kappa shape index (κ2) is 6.02. The average Bonchev–Trinajstić information content (AvgIpc) is 2.46. The highest BCUT2D eigenvalue weighted by Crippen LogP contribution is 2.22. The molecule has 1 fully saturated rings. The fourth-order valence-corrected chi connectivity index (χ4v) is 2.42. The summed E-state index contributed by atoms with van der Waals surface area (Å²) in [5.74, 6) is -0.667. The molecule has 1 aliphatic heterocycles. The molecular weight excluding hydrogens is 249 g/mol. The number of carbonyl (C=O) groups is 1. The fourth-order valence-electron chi connectivity index (χ4n) is 2.42. The second-order valence-electron chi connectivity index (χ2n) is 4.68. The SMILES string of the molecule is COc1ccc(C(=O)N2CCCCC2CO)cc1F. The van der Waals surface area contributed by atoms with E-state index in [0.717, 1.165) is 19.3 Å². The Balaban J connectivity index is 2.20. The molecule has 5 heteroatoms. The lowest BCUT2D eigenvalue weighted by Crippen LogP contribution is -2.45. The number of aliphatic hydroxyl groups excluding tert-OH is 1. The van der Waals surface area contributed by atoms with Gasteiger partial charge in [0.05, 0.1) is 19.8 Å². The number of likely N-dealkylation sites (tertiary alicyclic amines) is 1. The molecule has 1 saturated heterocycles. The normalized spacial score (nSPS) is 19.3. The predicted octanol–water partition coefficient (Wildman–Crippen LogP) is 1.82. The molecule has 19 heavy (non-hydrogen) atoms. The number of piperidine rings is 1. The third-order valence-electron chi connectivity index (χ3n) is 3.50. The van der Waals surface area contributed by atoms with E-state index in [9.17, 15) is 14.3 Å². The Morgan fingerprint density at radius 1 is 1.53 bits per heavy atom. The van der Waals surface area contributed by atoms with Crippen LogP contribution in [0, 0.1) is 5.82 Å². The molecule has 1 aromatic rings. The van der Waals surface area contributed by atoms with E-state index in [-0.39, 0.29) is 24.3 Å². The first-order valence-electron chi connectivity index (χ1n) is 6.42. The third-order valence-corrected chi connectivity index (χ3v) is 3.50. The average molecular weight is 267 g/mol. The lowest BCUT2D eigenvalue weighted by Gasteiger charge is -2.34. The first-order chi connectivity index (χ1) is 9.17. The van der Waals surface area contributed by atoms with E-state index in [1.807, 2.05) is 0 Å². The molecule has 0 bridgehead atoms. The van der Waals surface area contributed by atoms with Gasteiger partial charge >= 0.3 is 0 Å². The standard InChI is InChI=1S/C14H18FNO3/c1-19-13-6-5-10(8-12(13)15)14(18)16-7-3-2-4-11(16)9-17/h5-6,8,11,17H,2-4,7,9H2,1H3. The predicted molar refractivity (Wildman–Crippen MR) is 68.7 cm³/mol. The first kappa shape index (κ1) is 13.8. The number of hydrogen-bond acceptors (Lipinski definition) is 3. The van der Waals surface area contributed by atoms with Gasteiger partial charge in [-0.05, 0) is 37.5 Å². The number of amides is 1. The minimum absolute atomic E-state index is 0.0512. The quantitative estimate of drug-likeness (QED) is 0.908. The molecule has 0 saturated carbocycles. The molecule has 0 spiro atoms. The van der Waals surface area contributed by atoms with Crippen molar-refractivity contribution in [2.24, 2.45) is 0 Å². The summed E-state index contributed by atoms with van der Waals surface area (Å²) < 4.78 is 18.4. The van der Waals surface area contributed by atoms with Crippen molar-refractivity contribution in [1.29, 1.82) is 0 Å². The summed E-state index contributed by atoms with van der Waals surface area (Å²) in [6.07, 6.45) is 2.72. The van der Waals surface area contributed by atoms with Crippen LogP contribution in [0.2, 0.25) is 0 Å². The number of nitrogens with zero attached hydrogens (tertiary/aromatic N) is 1. The second-order valence-corrected chi connectivity index (χ2v) is 4.68. The maximum atomic E-state index is 13.6. The van der Waals surface area contributed by atoms with Gasteiger partial charge in [0.15, 0.2) is 11.6 Å². The Morgan fingerprint density at radius 3 is 2.95 bits per heavy atom. The number of methoxy groups -OCH3 is 1. The van der Waals surface area contributed by atoms with Gasteiger partial charge in [-0.3, -0.25) is 4.79 Å². The van der Waals surface area contributed by atoms with Crippen LogP contribution in [0.4, 0.5) is 4.39 Å². The summed E-state index contributed by atoms with van der Waals surface area (Å²) in [5, 5.41) is 9.31. The van der Waals surface area contributed by atoms with Crippen LogP contribution in [0.5, 0.6) is 5.75 Å². The maximum absolute atomic E-state index is 13.6. The molecule has 0 aromatic heterocycles. The maximum Gasteiger partial charge on any atom is 0.254 e. The van der Waals surface area contributed by atoms with Crippen LogP contribution in [0.1, 0.15) is 29.6 Å². The van der Waals surface area contributed by atoms with E-state index >= 15 is 0 Å². The van der Waals surface area contributed by atoms with Crippen molar-refractivity contribution in [2.45, 2.75) is 25.3 Å². The van der Waals surface area contributed by atoms with Crippen LogP contribution in [0.25, 0.3) is 0 Å². The van der Waals surface area contributed by atoms with Gasteiger partial charge in [-0.15, -0.1) is 0 Å². The van der Waals surface area contributed by atoms with E-state index in [1.54, 1.807) is 11.0 Å². The number of rotatable bonds is 3. The molecule has 1 amide bonds. The molecule has 1 aromatic carbocycles. The Morgan fingerprint density at radius 2 is 2.32 bits per heavy atom. The van der Waals surface area contributed by atoms with Crippen molar-refractivity contribution < 1.29 is 19.0 Å². The zero-order valence-electron chi connectivity index (χ0n) is 10.9. The minimum Gasteiger partial charge on any atom is -0.494 e. The molecule has 1 N–H and O–H groups in total. The molecule has 1 aliphatic rings. The van der Waals surface area contributed by atoms with E-state index < -0.39 is 5.82 Å². The molecule has 0 aliphatic carbocycles. The van der Waals surface area contributed by atoms with Crippen LogP contribution in [0.3, 0.4) is 0 Å². The number of halogens is 1. The van der Waals surface area contributed by atoms with Crippen LogP contribution in [-0.4, -0.2) is 42.2 Å². The molecule has 1 heterocycles. The monoisotopic (exact) mass is 267 g/mol. The van der Waals surface area contributed by atoms with Gasteiger partial charge in [-0.2, -0.15) is 0 Å². The van der Waals surface area contributed by atoms with E-state index in [0.29, 0.717) is 12.1 Å². The Kier molecular flexibility index (Phi) is 4.37. The van der Waals surface area contributed by atoms with Crippen molar-refractivity contribution in [1.82, 2.24) is 4.90 Å². The van der Waals surface area contributed by atoms with Gasteiger partial charge in [-0.25, -0.2) is 4.39 Å². The molecule has 1 unspecified atom stereocenters. The van der Waals surface area contributed by atoms with Gasteiger partial charge in [0.1, 0.15) is 0 Å². The molecule has 0 radical (unpaired) electrons. The van der Waals surface area contributed by atoms with Crippen LogP contribution >= 0.6 is 0 Å². The highest BCUT2D eigenvalue weighted by atomic mass is 19.1. The molecule has 2 rings (SSSR count). The van der Waals surface area contributed by atoms with Gasteiger partial charge in [0.2, 0.25) is 0 Å². The summed E-state index contributed by atoms with van der Waals surface area (Å²) in [6, 6.07) is 4.02. The van der Waals surface area contributed by atoms with Crippen molar-refractivity contribution >= 4 is 5.91 Å². The number of benzene rings is 1. The van der Waals surface area contributed by atoms with Crippen LogP contribution in [0.15, 0.2) is 18.2 Å². The van der Waals surface area contributed by atoms with Gasteiger partial charge in [-0.1, -0.05) is 0 Å². The summed E-state index contributed by atoms with van der Waals surface area (Å²) in [6.45, 7) is 0.558. The highest BCUT2D eigenvalue weighted by molar-refractivity contribution is 5.94. The number of ether oxygens (including phenoxy) is 1. The zero-order chi connectivity index (χ0) is 13.8. The Labute approximate surface area is 111 Å². The van der Waals surface area contributed by atoms with Gasteiger partial charge < -0.3 is 14.7 Å².